The topological polar surface area (TPSA) is 148 Å². The van der Waals surface area contributed by atoms with E-state index in [-0.39, 0.29) is 37.6 Å². The summed E-state index contributed by atoms with van der Waals surface area (Å²) in [7, 11) is 2.90. The van der Waals surface area contributed by atoms with E-state index in [1.165, 1.54) is 65.6 Å². The average molecular weight is 812 g/mol. The monoisotopic (exact) mass is 812 g/mol. The van der Waals surface area contributed by atoms with Crippen molar-refractivity contribution in [2.45, 2.75) is 147 Å². The van der Waals surface area contributed by atoms with Crippen LogP contribution in [-0.4, -0.2) is 92.0 Å². The van der Waals surface area contributed by atoms with E-state index in [1.807, 2.05) is 19.1 Å². The summed E-state index contributed by atoms with van der Waals surface area (Å²) >= 11 is 0. The van der Waals surface area contributed by atoms with E-state index in [2.05, 4.69) is 30.1 Å². The molecule has 1 aromatic rings. The fraction of sp³-hybridized carbons (Fsp3) is 0.717. The lowest BCUT2D eigenvalue weighted by Gasteiger charge is -2.59. The number of amides is 2. The summed E-state index contributed by atoms with van der Waals surface area (Å²) < 4.78 is 25.3. The Labute approximate surface area is 347 Å². The zero-order valence-corrected chi connectivity index (χ0v) is 35.9. The van der Waals surface area contributed by atoms with Gasteiger partial charge >= 0.3 is 12.2 Å². The highest BCUT2D eigenvalue weighted by atomic mass is 16.7. The lowest BCUT2D eigenvalue weighted by atomic mass is 9.55. The maximum atomic E-state index is 13.6. The van der Waals surface area contributed by atoms with Crippen LogP contribution in [0.5, 0.6) is 11.5 Å². The fourth-order valence-electron chi connectivity index (χ4n) is 9.50. The molecule has 1 aromatic carbocycles. The van der Waals surface area contributed by atoms with Crippen molar-refractivity contribution in [3.8, 4) is 11.5 Å². The van der Waals surface area contributed by atoms with Crippen LogP contribution < -0.4 is 14.8 Å². The first-order chi connectivity index (χ1) is 28.3. The van der Waals surface area contributed by atoms with Crippen LogP contribution >= 0.6 is 0 Å². The molecule has 0 spiro atoms. The molecule has 0 bridgehead atoms. The predicted octanol–water partition coefficient (Wildman–Crippen LogP) is 9.44. The number of rotatable bonds is 27. The molecule has 1 aliphatic heterocycles. The molecule has 3 aliphatic rings. The highest BCUT2D eigenvalue weighted by molar-refractivity contribution is 6.03. The Hall–Kier alpha value is -3.61. The van der Waals surface area contributed by atoms with Crippen molar-refractivity contribution >= 4 is 17.9 Å². The van der Waals surface area contributed by atoms with Gasteiger partial charge in [-0.15, -0.1) is 6.58 Å². The van der Waals surface area contributed by atoms with Gasteiger partial charge in [0.1, 0.15) is 24.7 Å². The third-order valence-corrected chi connectivity index (χ3v) is 12.1. The molecule has 326 valence electrons. The summed E-state index contributed by atoms with van der Waals surface area (Å²) in [4.78, 5) is 33.9. The molecule has 12 nitrogen and oxygen atoms in total. The van der Waals surface area contributed by atoms with Gasteiger partial charge in [-0.2, -0.15) is 0 Å². The van der Waals surface area contributed by atoms with Crippen molar-refractivity contribution in [1.29, 1.82) is 0 Å². The number of fused-ring (bicyclic) bond motifs is 2. The molecule has 1 heterocycles. The maximum Gasteiger partial charge on any atom is 0.412 e. The van der Waals surface area contributed by atoms with Gasteiger partial charge in [0.25, 0.3) is 0 Å². The minimum Gasteiger partial charge on any atom is -0.459 e. The van der Waals surface area contributed by atoms with E-state index in [1.54, 1.807) is 17.0 Å². The highest BCUT2D eigenvalue weighted by Gasteiger charge is 2.65. The molecule has 3 N–H and O–H groups in total. The Bertz CT molecular complexity index is 1480. The van der Waals surface area contributed by atoms with Gasteiger partial charge in [-0.25, -0.2) is 9.59 Å². The first-order valence-corrected chi connectivity index (χ1v) is 22.3. The van der Waals surface area contributed by atoms with Gasteiger partial charge < -0.3 is 39.3 Å². The standard InChI is InChI=1S/C46H73N3O9/c1-6-9-10-11-12-13-14-15-16-19-26-47-44(52)57-35-24-25-40-38(32-35)42-36(23-18-21-29-51)34(22-17-20-28-50)31-37-39(48-55-5)33-41(49(27-7-2)45(53)54-4)46(58-40,43(37)42)56-30-8-3/h8,24-25,31-32,34,36,41-43,50-51H,3,6-7,9-23,26-30,33H2,1-2,4-5H3,(H,47,52). The lowest BCUT2D eigenvalue weighted by Crippen LogP contribution is -2.70. The molecule has 2 aliphatic carbocycles. The molecule has 4 rings (SSSR count). The third kappa shape index (κ3) is 12.2. The second-order valence-electron chi connectivity index (χ2n) is 16.1. The lowest BCUT2D eigenvalue weighted by molar-refractivity contribution is -0.255. The number of ether oxygens (including phenoxy) is 4. The van der Waals surface area contributed by atoms with Crippen LogP contribution in [0.3, 0.4) is 0 Å². The second kappa shape index (κ2) is 25.1. The Balaban J connectivity index is 1.71. The number of carbonyl (C=O) groups excluding carboxylic acids is 2. The molecule has 6 atom stereocenters. The number of methoxy groups -OCH3 is 1. The van der Waals surface area contributed by atoms with Crippen molar-refractivity contribution in [2.75, 3.05) is 47.1 Å². The van der Waals surface area contributed by atoms with E-state index in [9.17, 15) is 19.8 Å². The van der Waals surface area contributed by atoms with Crippen molar-refractivity contribution in [3.63, 3.8) is 0 Å². The van der Waals surface area contributed by atoms with E-state index in [0.717, 1.165) is 49.7 Å². The van der Waals surface area contributed by atoms with Gasteiger partial charge in [0.05, 0.1) is 25.3 Å². The second-order valence-corrected chi connectivity index (χ2v) is 16.1. The number of hydrogen-bond donors (Lipinski definition) is 3. The number of carbonyl (C=O) groups is 2. The van der Waals surface area contributed by atoms with Crippen molar-refractivity contribution in [3.05, 3.63) is 48.1 Å². The molecule has 12 heteroatoms. The Morgan fingerprint density at radius 3 is 2.28 bits per heavy atom. The summed E-state index contributed by atoms with van der Waals surface area (Å²) in [6.45, 7) is 9.53. The van der Waals surface area contributed by atoms with Crippen molar-refractivity contribution in [2.24, 2.45) is 22.9 Å². The van der Waals surface area contributed by atoms with Crippen LogP contribution in [0.4, 0.5) is 9.59 Å². The zero-order valence-electron chi connectivity index (χ0n) is 35.9. The predicted molar refractivity (Wildman–Crippen MR) is 227 cm³/mol. The van der Waals surface area contributed by atoms with Crippen LogP contribution in [0.15, 0.2) is 47.7 Å². The van der Waals surface area contributed by atoms with Gasteiger partial charge in [0.2, 0.25) is 5.79 Å². The molecular formula is C46H73N3O9. The van der Waals surface area contributed by atoms with Crippen LogP contribution in [0, 0.1) is 17.8 Å². The number of allylic oxidation sites excluding steroid dienone is 1. The maximum absolute atomic E-state index is 13.6. The molecular weight excluding hydrogens is 739 g/mol. The summed E-state index contributed by atoms with van der Waals surface area (Å²) in [6, 6.07) is 4.87. The Morgan fingerprint density at radius 1 is 0.948 bits per heavy atom. The van der Waals surface area contributed by atoms with E-state index < -0.39 is 29.9 Å². The van der Waals surface area contributed by atoms with Gasteiger partial charge in [-0.05, 0) is 74.1 Å². The quantitative estimate of drug-likeness (QED) is 0.0449. The van der Waals surface area contributed by atoms with Crippen LogP contribution in [0.25, 0.3) is 0 Å². The van der Waals surface area contributed by atoms with Crippen molar-refractivity contribution < 1.29 is 43.6 Å². The molecule has 1 fully saturated rings. The number of aliphatic hydroxyl groups is 2. The molecule has 1 saturated carbocycles. The number of aliphatic hydroxyl groups excluding tert-OH is 2. The Kier molecular flexibility index (Phi) is 20.4. The number of nitrogens with zero attached hydrogens (tertiary/aromatic N) is 2. The smallest absolute Gasteiger partial charge is 0.412 e. The first kappa shape index (κ1) is 47.1. The number of hydrogen-bond acceptors (Lipinski definition) is 10. The highest BCUT2D eigenvalue weighted by Crippen LogP contribution is 2.62. The molecule has 6 unspecified atom stereocenters. The van der Waals surface area contributed by atoms with Crippen LogP contribution in [-0.2, 0) is 14.3 Å². The van der Waals surface area contributed by atoms with Gasteiger partial charge in [0, 0.05) is 44.2 Å². The number of unbranched alkanes of at least 4 members (excludes halogenated alkanes) is 11. The van der Waals surface area contributed by atoms with Crippen LogP contribution in [0.2, 0.25) is 0 Å². The largest absolute Gasteiger partial charge is 0.459 e. The fourth-order valence-corrected chi connectivity index (χ4v) is 9.50. The minimum atomic E-state index is -1.37. The molecule has 0 aromatic heterocycles. The SMILES string of the molecule is C=CCOC12Oc3ccc(OC(=O)NCCCCCCCCCCCC)cc3C3C(CCCCO)C(CCCCO)C=C(C(=NOC)CC1N(CCC)C(=O)OC)C32. The molecule has 58 heavy (non-hydrogen) atoms. The third-order valence-electron chi connectivity index (χ3n) is 12.1. The number of nitrogens with one attached hydrogen (secondary N) is 1. The molecule has 2 amide bonds. The molecule has 0 saturated heterocycles. The average Bonchev–Trinajstić information content (AvgIpc) is 3.22. The van der Waals surface area contributed by atoms with E-state index in [0.29, 0.717) is 56.0 Å². The van der Waals surface area contributed by atoms with E-state index in [4.69, 9.17) is 23.8 Å². The summed E-state index contributed by atoms with van der Waals surface area (Å²) in [5, 5.41) is 27.1. The van der Waals surface area contributed by atoms with Crippen LogP contribution in [0.1, 0.15) is 141 Å². The minimum absolute atomic E-state index is 0.0501. The zero-order chi connectivity index (χ0) is 41.8. The molecule has 0 radical (unpaired) electrons. The van der Waals surface area contributed by atoms with Gasteiger partial charge in [-0.1, -0.05) is 102 Å². The first-order valence-electron chi connectivity index (χ1n) is 22.3. The van der Waals surface area contributed by atoms with E-state index >= 15 is 0 Å². The Morgan fingerprint density at radius 2 is 1.64 bits per heavy atom. The summed E-state index contributed by atoms with van der Waals surface area (Å²) in [5.41, 5.74) is 2.52. The van der Waals surface area contributed by atoms with Crippen molar-refractivity contribution in [1.82, 2.24) is 10.2 Å². The number of benzene rings is 1. The van der Waals surface area contributed by atoms with Gasteiger partial charge in [-0.3, -0.25) is 4.90 Å². The normalized spacial score (nSPS) is 23.9. The number of oxime groups is 1. The van der Waals surface area contributed by atoms with Gasteiger partial charge in [0.15, 0.2) is 0 Å². The summed E-state index contributed by atoms with van der Waals surface area (Å²) in [5.74, 6) is -0.915. The summed E-state index contributed by atoms with van der Waals surface area (Å²) in [6.07, 6.45) is 20.8.